The summed E-state index contributed by atoms with van der Waals surface area (Å²) in [4.78, 5) is 28.3. The van der Waals surface area contributed by atoms with Crippen LogP contribution in [0.2, 0.25) is 0 Å². The van der Waals surface area contributed by atoms with Crippen molar-refractivity contribution >= 4 is 28.4 Å². The van der Waals surface area contributed by atoms with Crippen molar-refractivity contribution in [2.75, 3.05) is 6.61 Å². The lowest BCUT2D eigenvalue weighted by molar-refractivity contribution is -0.0494. The van der Waals surface area contributed by atoms with Gasteiger partial charge in [0.25, 0.3) is 5.56 Å². The maximum absolute atomic E-state index is 13.2. The van der Waals surface area contributed by atoms with E-state index in [-0.39, 0.29) is 17.9 Å². The largest absolute Gasteiger partial charge is 0.450 e. The molecule has 10 heteroatoms. The lowest BCUT2D eigenvalue weighted by atomic mass is 9.97. The molecule has 0 atom stereocenters. The van der Waals surface area contributed by atoms with E-state index >= 15 is 0 Å². The van der Waals surface area contributed by atoms with Gasteiger partial charge < -0.3 is 9.47 Å². The lowest BCUT2D eigenvalue weighted by Crippen LogP contribution is -2.30. The SMILES string of the molecule is CCOC(=O)NC1=Nc2cc(-c3cc(Cc4n[nH]c(=O)c5ccccc45)ccc3OC(F)F)ccc2C1. The second-order valence-electron chi connectivity index (χ2n) is 8.36. The predicted octanol–water partition coefficient (Wildman–Crippen LogP) is 5.11. The van der Waals surface area contributed by atoms with Crippen LogP contribution in [0.5, 0.6) is 5.75 Å². The highest BCUT2D eigenvalue weighted by Crippen LogP contribution is 2.37. The van der Waals surface area contributed by atoms with E-state index < -0.39 is 12.7 Å². The number of alkyl carbamates (subject to hydrolysis) is 1. The Balaban J connectivity index is 1.50. The van der Waals surface area contributed by atoms with Gasteiger partial charge >= 0.3 is 12.7 Å². The summed E-state index contributed by atoms with van der Waals surface area (Å²) in [6.45, 7) is -1.05. The number of benzene rings is 3. The van der Waals surface area contributed by atoms with Gasteiger partial charge in [-0.15, -0.1) is 0 Å². The second kappa shape index (κ2) is 10.2. The molecule has 3 aromatic carbocycles. The molecule has 8 nitrogen and oxygen atoms in total. The lowest BCUT2D eigenvalue weighted by Gasteiger charge is -2.14. The monoisotopic (exact) mass is 504 g/mol. The molecule has 0 bridgehead atoms. The highest BCUT2D eigenvalue weighted by molar-refractivity contribution is 6.01. The van der Waals surface area contributed by atoms with Crippen LogP contribution < -0.4 is 15.6 Å². The summed E-state index contributed by atoms with van der Waals surface area (Å²) in [6.07, 6.45) is 0.188. The summed E-state index contributed by atoms with van der Waals surface area (Å²) in [5.41, 5.74) is 3.73. The molecule has 0 unspecified atom stereocenters. The van der Waals surface area contributed by atoms with E-state index in [0.717, 1.165) is 11.1 Å². The van der Waals surface area contributed by atoms with Gasteiger partial charge in [0.05, 0.1) is 23.4 Å². The van der Waals surface area contributed by atoms with Crippen LogP contribution >= 0.6 is 0 Å². The van der Waals surface area contributed by atoms with Gasteiger partial charge in [0.2, 0.25) is 0 Å². The third kappa shape index (κ3) is 5.18. The van der Waals surface area contributed by atoms with Crippen LogP contribution in [0.15, 0.2) is 70.5 Å². The van der Waals surface area contributed by atoms with E-state index in [1.165, 1.54) is 6.07 Å². The van der Waals surface area contributed by atoms with Gasteiger partial charge in [-0.25, -0.2) is 14.9 Å². The molecule has 0 saturated carbocycles. The number of carbonyl (C=O) groups is 1. The molecule has 1 aliphatic rings. The quantitative estimate of drug-likeness (QED) is 0.379. The molecular weight excluding hydrogens is 482 g/mol. The van der Waals surface area contributed by atoms with Gasteiger partial charge in [-0.2, -0.15) is 13.9 Å². The third-order valence-electron chi connectivity index (χ3n) is 5.94. The van der Waals surface area contributed by atoms with Gasteiger partial charge in [0.1, 0.15) is 11.6 Å². The Hall–Kier alpha value is -4.60. The van der Waals surface area contributed by atoms with E-state index in [1.54, 1.807) is 43.3 Å². The van der Waals surface area contributed by atoms with Crippen LogP contribution in [0.1, 0.15) is 23.7 Å². The first-order chi connectivity index (χ1) is 17.9. The number of ether oxygens (including phenoxy) is 2. The summed E-state index contributed by atoms with van der Waals surface area (Å²) in [7, 11) is 0. The summed E-state index contributed by atoms with van der Waals surface area (Å²) in [6, 6.07) is 17.5. The first kappa shape index (κ1) is 24.1. The van der Waals surface area contributed by atoms with Crippen molar-refractivity contribution in [1.82, 2.24) is 15.5 Å². The number of rotatable bonds is 6. The number of aromatic nitrogens is 2. The van der Waals surface area contributed by atoms with Crippen molar-refractivity contribution in [3.63, 3.8) is 0 Å². The van der Waals surface area contributed by atoms with Crippen molar-refractivity contribution in [1.29, 1.82) is 0 Å². The molecule has 0 fully saturated rings. The van der Waals surface area contributed by atoms with Crippen molar-refractivity contribution in [3.8, 4) is 16.9 Å². The Morgan fingerprint density at radius 3 is 2.70 bits per heavy atom. The minimum Gasteiger partial charge on any atom is -0.450 e. The van der Waals surface area contributed by atoms with E-state index in [2.05, 4.69) is 20.5 Å². The molecule has 0 spiro atoms. The number of amidine groups is 1. The first-order valence-electron chi connectivity index (χ1n) is 11.6. The predicted molar refractivity (Wildman–Crippen MR) is 135 cm³/mol. The molecule has 37 heavy (non-hydrogen) atoms. The minimum atomic E-state index is -3.00. The normalized spacial score (nSPS) is 12.4. The molecule has 2 N–H and O–H groups in total. The average Bonchev–Trinajstić information content (AvgIpc) is 3.28. The molecule has 4 aromatic rings. The molecule has 0 aliphatic carbocycles. The number of nitrogens with one attached hydrogen (secondary N) is 2. The fourth-order valence-electron chi connectivity index (χ4n) is 4.32. The van der Waals surface area contributed by atoms with Crippen LogP contribution in [0.25, 0.3) is 21.9 Å². The molecule has 0 saturated heterocycles. The van der Waals surface area contributed by atoms with Gasteiger partial charge in [-0.05, 0) is 47.9 Å². The molecule has 5 rings (SSSR count). The zero-order chi connectivity index (χ0) is 25.9. The number of hydrogen-bond acceptors (Lipinski definition) is 6. The topological polar surface area (TPSA) is 106 Å². The first-order valence-corrected chi connectivity index (χ1v) is 11.6. The van der Waals surface area contributed by atoms with Gasteiger partial charge in [-0.3, -0.25) is 10.1 Å². The number of aromatic amines is 1. The number of alkyl halides is 2. The Bertz CT molecular complexity index is 1580. The number of nitrogens with zero attached hydrogens (tertiary/aromatic N) is 2. The summed E-state index contributed by atoms with van der Waals surface area (Å²) >= 11 is 0. The van der Waals surface area contributed by atoms with Crippen LogP contribution in [-0.2, 0) is 17.6 Å². The number of amides is 1. The molecular formula is C27H22F2N4O4. The Labute approximate surface area is 210 Å². The summed E-state index contributed by atoms with van der Waals surface area (Å²) in [5.74, 6) is 0.462. The zero-order valence-corrected chi connectivity index (χ0v) is 19.8. The Morgan fingerprint density at radius 2 is 1.92 bits per heavy atom. The standard InChI is InChI=1S/C27H22F2N4O4/c1-2-36-27(35)31-24-14-17-9-8-16(13-21(17)30-24)20-11-15(7-10-23(20)37-26(28)29)12-22-18-5-3-4-6-19(18)25(34)33-32-22/h3-11,13,26H,2,12,14H2,1H3,(H,33,34)(H,30,31,35). The number of fused-ring (bicyclic) bond motifs is 2. The summed E-state index contributed by atoms with van der Waals surface area (Å²) in [5, 5.41) is 10.6. The van der Waals surface area contributed by atoms with Crippen LogP contribution in [-0.4, -0.2) is 35.3 Å². The maximum Gasteiger partial charge on any atom is 0.412 e. The molecule has 188 valence electrons. The molecule has 1 aliphatic heterocycles. The van der Waals surface area contributed by atoms with Crippen LogP contribution in [0.4, 0.5) is 19.3 Å². The van der Waals surface area contributed by atoms with Crippen LogP contribution in [0.3, 0.4) is 0 Å². The van der Waals surface area contributed by atoms with Crippen molar-refractivity contribution < 1.29 is 23.0 Å². The molecule has 0 radical (unpaired) electrons. The van der Waals surface area contributed by atoms with Crippen molar-refractivity contribution in [2.45, 2.75) is 26.4 Å². The highest BCUT2D eigenvalue weighted by atomic mass is 19.3. The van der Waals surface area contributed by atoms with Crippen molar-refractivity contribution in [3.05, 3.63) is 87.8 Å². The molecule has 1 amide bonds. The van der Waals surface area contributed by atoms with Gasteiger partial charge in [0, 0.05) is 23.8 Å². The number of aliphatic imine (C=N–C) groups is 1. The molecule has 1 aromatic heterocycles. The summed E-state index contributed by atoms with van der Waals surface area (Å²) < 4.78 is 36.1. The minimum absolute atomic E-state index is 0.0184. The third-order valence-corrected chi connectivity index (χ3v) is 5.94. The zero-order valence-electron chi connectivity index (χ0n) is 19.8. The molecule has 2 heterocycles. The highest BCUT2D eigenvalue weighted by Gasteiger charge is 2.20. The fourth-order valence-corrected chi connectivity index (χ4v) is 4.32. The number of halogens is 2. The van der Waals surface area contributed by atoms with Crippen molar-refractivity contribution in [2.24, 2.45) is 4.99 Å². The van der Waals surface area contributed by atoms with Gasteiger partial charge in [-0.1, -0.05) is 36.4 Å². The van der Waals surface area contributed by atoms with Crippen LogP contribution in [0, 0.1) is 0 Å². The van der Waals surface area contributed by atoms with E-state index in [9.17, 15) is 18.4 Å². The number of H-pyrrole nitrogens is 1. The maximum atomic E-state index is 13.2. The van der Waals surface area contributed by atoms with E-state index in [4.69, 9.17) is 9.47 Å². The fraction of sp³-hybridized carbons (Fsp3) is 0.185. The average molecular weight is 504 g/mol. The second-order valence-corrected chi connectivity index (χ2v) is 8.36. The van der Waals surface area contributed by atoms with Gasteiger partial charge in [0.15, 0.2) is 0 Å². The number of hydrogen-bond donors (Lipinski definition) is 2. The Morgan fingerprint density at radius 1 is 1.11 bits per heavy atom. The smallest absolute Gasteiger partial charge is 0.412 e. The Kier molecular flexibility index (Phi) is 6.63. The number of carbonyl (C=O) groups excluding carboxylic acids is 1. The van der Waals surface area contributed by atoms with E-state index in [0.29, 0.717) is 52.0 Å². The van der Waals surface area contributed by atoms with E-state index in [1.807, 2.05) is 18.2 Å².